The van der Waals surface area contributed by atoms with Crippen LogP contribution in [-0.2, 0) is 14.6 Å². The van der Waals surface area contributed by atoms with E-state index in [9.17, 15) is 13.2 Å². The highest BCUT2D eigenvalue weighted by atomic mass is 32.2. The van der Waals surface area contributed by atoms with Crippen LogP contribution in [0.25, 0.3) is 11.5 Å². The molecule has 1 fully saturated rings. The van der Waals surface area contributed by atoms with E-state index in [0.717, 1.165) is 11.8 Å². The summed E-state index contributed by atoms with van der Waals surface area (Å²) in [5.41, 5.74) is 0.696. The minimum Gasteiger partial charge on any atom is -0.454 e. The Balaban J connectivity index is 1.38. The minimum absolute atomic E-state index is 0.0338. The lowest BCUT2D eigenvalue weighted by atomic mass is 10.2. The predicted molar refractivity (Wildman–Crippen MR) is 101 cm³/mol. The molecular formula is C17H19N3O6S2. The van der Waals surface area contributed by atoms with Gasteiger partial charge in [0.05, 0.1) is 17.3 Å². The first kappa shape index (κ1) is 19.1. The summed E-state index contributed by atoms with van der Waals surface area (Å²) in [4.78, 5) is 14.2. The van der Waals surface area contributed by atoms with Crippen molar-refractivity contribution >= 4 is 27.5 Å². The van der Waals surface area contributed by atoms with Gasteiger partial charge in [-0.25, -0.2) is 8.42 Å². The van der Waals surface area contributed by atoms with Gasteiger partial charge in [0.2, 0.25) is 18.6 Å². The molecule has 0 unspecified atom stereocenters. The highest BCUT2D eigenvalue weighted by molar-refractivity contribution is 7.99. The fourth-order valence-electron chi connectivity index (χ4n) is 3.28. The maximum Gasteiger partial charge on any atom is 0.277 e. The van der Waals surface area contributed by atoms with E-state index in [1.54, 1.807) is 23.1 Å². The molecule has 3 heterocycles. The van der Waals surface area contributed by atoms with Gasteiger partial charge in [0.15, 0.2) is 21.3 Å². The summed E-state index contributed by atoms with van der Waals surface area (Å²) in [5, 5.41) is 8.26. The second-order valence-electron chi connectivity index (χ2n) is 6.47. The molecule has 1 saturated heterocycles. The third-order valence-electron chi connectivity index (χ3n) is 4.66. The largest absolute Gasteiger partial charge is 0.454 e. The second kappa shape index (κ2) is 7.63. The zero-order valence-corrected chi connectivity index (χ0v) is 16.8. The SMILES string of the molecule is CCN(C(=O)CSc1nnc(-c2ccc3c(c2)OCO3)o1)[C@H]1CCS(=O)(=O)C1. The summed E-state index contributed by atoms with van der Waals surface area (Å²) in [5.74, 6) is 1.73. The van der Waals surface area contributed by atoms with E-state index in [0.29, 0.717) is 35.9 Å². The second-order valence-corrected chi connectivity index (χ2v) is 9.62. The number of hydrogen-bond acceptors (Lipinski definition) is 9. The molecule has 1 atom stereocenters. The Morgan fingerprint density at radius 3 is 2.86 bits per heavy atom. The summed E-state index contributed by atoms with van der Waals surface area (Å²) in [6.45, 7) is 2.49. The highest BCUT2D eigenvalue weighted by Crippen LogP contribution is 2.36. The third kappa shape index (κ3) is 3.95. The summed E-state index contributed by atoms with van der Waals surface area (Å²) in [6.07, 6.45) is 0.487. The van der Waals surface area contributed by atoms with Crippen LogP contribution < -0.4 is 9.47 Å². The van der Waals surface area contributed by atoms with Crippen LogP contribution in [0.4, 0.5) is 0 Å². The number of carbonyl (C=O) groups excluding carboxylic acids is 1. The van der Waals surface area contributed by atoms with Gasteiger partial charge in [-0.05, 0) is 31.5 Å². The van der Waals surface area contributed by atoms with Gasteiger partial charge in [-0.2, -0.15) is 0 Å². The number of ether oxygens (including phenoxy) is 2. The molecule has 1 aromatic heterocycles. The van der Waals surface area contributed by atoms with Crippen LogP contribution in [0.15, 0.2) is 27.8 Å². The van der Waals surface area contributed by atoms with Gasteiger partial charge in [0, 0.05) is 18.2 Å². The van der Waals surface area contributed by atoms with Crippen LogP contribution in [0.1, 0.15) is 13.3 Å². The van der Waals surface area contributed by atoms with Gasteiger partial charge in [-0.3, -0.25) is 4.79 Å². The smallest absolute Gasteiger partial charge is 0.277 e. The molecule has 4 rings (SSSR count). The van der Waals surface area contributed by atoms with E-state index in [-0.39, 0.29) is 41.2 Å². The summed E-state index contributed by atoms with van der Waals surface area (Å²) in [7, 11) is -3.04. The Labute approximate surface area is 166 Å². The van der Waals surface area contributed by atoms with Crippen molar-refractivity contribution in [2.45, 2.75) is 24.6 Å². The fourth-order valence-corrected chi connectivity index (χ4v) is 5.66. The van der Waals surface area contributed by atoms with Crippen molar-refractivity contribution in [2.24, 2.45) is 0 Å². The summed E-state index contributed by atoms with van der Waals surface area (Å²) >= 11 is 1.13. The Morgan fingerprint density at radius 1 is 1.29 bits per heavy atom. The average molecular weight is 425 g/mol. The molecule has 0 bridgehead atoms. The van der Waals surface area contributed by atoms with Crippen molar-refractivity contribution in [1.29, 1.82) is 0 Å². The maximum atomic E-state index is 12.5. The van der Waals surface area contributed by atoms with Crippen molar-refractivity contribution < 1.29 is 27.1 Å². The van der Waals surface area contributed by atoms with E-state index in [1.807, 2.05) is 6.92 Å². The molecule has 2 aromatic rings. The van der Waals surface area contributed by atoms with Crippen LogP contribution in [0, 0.1) is 0 Å². The summed E-state index contributed by atoms with van der Waals surface area (Å²) in [6, 6.07) is 5.07. The Bertz CT molecular complexity index is 991. The van der Waals surface area contributed by atoms with E-state index >= 15 is 0 Å². The molecule has 1 amide bonds. The molecule has 0 saturated carbocycles. The monoisotopic (exact) mass is 425 g/mol. The van der Waals surface area contributed by atoms with Crippen LogP contribution >= 0.6 is 11.8 Å². The molecule has 0 N–H and O–H groups in total. The first-order valence-electron chi connectivity index (χ1n) is 8.81. The molecule has 0 radical (unpaired) electrons. The lowest BCUT2D eigenvalue weighted by molar-refractivity contribution is -0.129. The molecular weight excluding hydrogens is 406 g/mol. The van der Waals surface area contributed by atoms with E-state index in [4.69, 9.17) is 13.9 Å². The van der Waals surface area contributed by atoms with Crippen molar-refractivity contribution in [3.05, 3.63) is 18.2 Å². The molecule has 2 aliphatic heterocycles. The minimum atomic E-state index is -3.04. The zero-order valence-electron chi connectivity index (χ0n) is 15.2. The standard InChI is InChI=1S/C17H19N3O6S2/c1-2-20(12-5-6-28(22,23)9-12)15(21)8-27-17-19-18-16(26-17)11-3-4-13-14(7-11)25-10-24-13/h3-4,7,12H,2,5-6,8-10H2,1H3/t12-/m0/s1. The van der Waals surface area contributed by atoms with Crippen molar-refractivity contribution in [2.75, 3.05) is 30.6 Å². The molecule has 28 heavy (non-hydrogen) atoms. The predicted octanol–water partition coefficient (Wildman–Crippen LogP) is 1.59. The number of fused-ring (bicyclic) bond motifs is 1. The van der Waals surface area contributed by atoms with Crippen LogP contribution in [0.3, 0.4) is 0 Å². The van der Waals surface area contributed by atoms with Gasteiger partial charge in [-0.15, -0.1) is 10.2 Å². The molecule has 0 spiro atoms. The van der Waals surface area contributed by atoms with Crippen molar-refractivity contribution in [1.82, 2.24) is 15.1 Å². The molecule has 1 aromatic carbocycles. The molecule has 11 heteroatoms. The molecule has 2 aliphatic rings. The third-order valence-corrected chi connectivity index (χ3v) is 7.21. The Kier molecular flexibility index (Phi) is 5.19. The number of rotatable bonds is 6. The lowest BCUT2D eigenvalue weighted by Gasteiger charge is -2.26. The quantitative estimate of drug-likeness (QED) is 0.637. The summed E-state index contributed by atoms with van der Waals surface area (Å²) < 4.78 is 39.6. The molecule has 150 valence electrons. The number of benzene rings is 1. The first-order valence-corrected chi connectivity index (χ1v) is 11.6. The van der Waals surface area contributed by atoms with Crippen molar-refractivity contribution in [3.63, 3.8) is 0 Å². The molecule has 9 nitrogen and oxygen atoms in total. The van der Waals surface area contributed by atoms with Crippen LogP contribution in [-0.4, -0.2) is 66.1 Å². The number of amides is 1. The number of carbonyl (C=O) groups is 1. The van der Waals surface area contributed by atoms with Gasteiger partial charge in [0.1, 0.15) is 0 Å². The number of aromatic nitrogens is 2. The Morgan fingerprint density at radius 2 is 2.11 bits per heavy atom. The maximum absolute atomic E-state index is 12.5. The lowest BCUT2D eigenvalue weighted by Crippen LogP contribution is -2.41. The van der Waals surface area contributed by atoms with Gasteiger partial charge in [-0.1, -0.05) is 11.8 Å². The zero-order chi connectivity index (χ0) is 19.7. The Hall–Kier alpha value is -2.27. The van der Waals surface area contributed by atoms with E-state index < -0.39 is 9.84 Å². The first-order chi connectivity index (χ1) is 13.4. The van der Waals surface area contributed by atoms with Crippen LogP contribution in [0.2, 0.25) is 0 Å². The van der Waals surface area contributed by atoms with E-state index in [1.165, 1.54) is 0 Å². The van der Waals surface area contributed by atoms with Gasteiger partial charge >= 0.3 is 0 Å². The highest BCUT2D eigenvalue weighted by Gasteiger charge is 2.33. The van der Waals surface area contributed by atoms with Crippen molar-refractivity contribution in [3.8, 4) is 23.0 Å². The topological polar surface area (TPSA) is 112 Å². The average Bonchev–Trinajstić information content (AvgIpc) is 3.39. The number of sulfone groups is 1. The fraction of sp³-hybridized carbons (Fsp3) is 0.471. The number of hydrogen-bond donors (Lipinski definition) is 0. The van der Waals surface area contributed by atoms with Gasteiger partial charge in [0.25, 0.3) is 5.22 Å². The number of thioether (sulfide) groups is 1. The number of nitrogens with zero attached hydrogens (tertiary/aromatic N) is 3. The molecule has 0 aliphatic carbocycles. The van der Waals surface area contributed by atoms with E-state index in [2.05, 4.69) is 10.2 Å². The van der Waals surface area contributed by atoms with Crippen LogP contribution in [0.5, 0.6) is 11.5 Å². The van der Waals surface area contributed by atoms with Gasteiger partial charge < -0.3 is 18.8 Å². The normalized spacial score (nSPS) is 19.7.